The molecule has 0 bridgehead atoms. The molecule has 1 amide bonds. The van der Waals surface area contributed by atoms with Crippen molar-refractivity contribution in [2.75, 3.05) is 13.2 Å². The van der Waals surface area contributed by atoms with Gasteiger partial charge in [-0.1, -0.05) is 27.2 Å². The maximum atomic E-state index is 11.5. The zero-order valence-electron chi connectivity index (χ0n) is 11.1. The number of ether oxygens (including phenoxy) is 1. The van der Waals surface area contributed by atoms with Crippen molar-refractivity contribution in [1.29, 1.82) is 0 Å². The molecule has 0 aromatic rings. The van der Waals surface area contributed by atoms with Crippen LogP contribution in [0.5, 0.6) is 0 Å². The molecule has 0 aromatic heterocycles. The van der Waals surface area contributed by atoms with Crippen LogP contribution in [0.15, 0.2) is 0 Å². The van der Waals surface area contributed by atoms with Gasteiger partial charge in [-0.05, 0) is 30.6 Å². The van der Waals surface area contributed by atoms with Crippen LogP contribution in [0.4, 0.5) is 4.79 Å². The van der Waals surface area contributed by atoms with Crippen LogP contribution in [0.3, 0.4) is 0 Å². The monoisotopic (exact) mass is 243 g/mol. The van der Waals surface area contributed by atoms with E-state index in [2.05, 4.69) is 26.1 Å². The Kier molecular flexibility index (Phi) is 5.75. The minimum atomic E-state index is -0.399. The third-order valence-corrected chi connectivity index (χ3v) is 3.60. The number of alkyl carbamates (subject to hydrolysis) is 1. The number of hydrogen-bond donors (Lipinski definition) is 2. The first-order chi connectivity index (χ1) is 8.04. The summed E-state index contributed by atoms with van der Waals surface area (Å²) in [4.78, 5) is 11.5. The molecule has 0 aromatic carbocycles. The largest absolute Gasteiger partial charge is 0.446 e. The van der Waals surface area contributed by atoms with Gasteiger partial charge in [0.05, 0.1) is 6.61 Å². The summed E-state index contributed by atoms with van der Waals surface area (Å²) in [5.41, 5.74) is 0. The molecule has 2 N–H and O–H groups in total. The average molecular weight is 243 g/mol. The number of hydrogen-bond acceptors (Lipinski definition) is 3. The lowest BCUT2D eigenvalue weighted by Gasteiger charge is -2.36. The summed E-state index contributed by atoms with van der Waals surface area (Å²) in [6, 6.07) is 0. The van der Waals surface area contributed by atoms with E-state index in [9.17, 15) is 4.79 Å². The third kappa shape index (κ3) is 4.54. The Labute approximate surface area is 104 Å². The number of aliphatic hydroxyl groups excluding tert-OH is 1. The molecule has 1 aliphatic rings. The second kappa shape index (κ2) is 6.84. The topological polar surface area (TPSA) is 58.6 Å². The fourth-order valence-corrected chi connectivity index (χ4v) is 2.59. The van der Waals surface area contributed by atoms with Gasteiger partial charge in [0.2, 0.25) is 0 Å². The molecule has 0 aliphatic heterocycles. The average Bonchev–Trinajstić information content (AvgIpc) is 2.26. The van der Waals surface area contributed by atoms with E-state index >= 15 is 0 Å². The summed E-state index contributed by atoms with van der Waals surface area (Å²) in [7, 11) is 0. The number of aliphatic hydroxyl groups is 1. The van der Waals surface area contributed by atoms with Crippen LogP contribution in [0, 0.1) is 17.8 Å². The second-order valence-electron chi connectivity index (χ2n) is 5.42. The van der Waals surface area contributed by atoms with Gasteiger partial charge in [0.25, 0.3) is 0 Å². The van der Waals surface area contributed by atoms with E-state index in [0.29, 0.717) is 17.8 Å². The fourth-order valence-electron chi connectivity index (χ4n) is 2.59. The zero-order chi connectivity index (χ0) is 12.8. The van der Waals surface area contributed by atoms with Crippen molar-refractivity contribution in [3.8, 4) is 0 Å². The highest BCUT2D eigenvalue weighted by Gasteiger charge is 2.33. The maximum Gasteiger partial charge on any atom is 0.407 e. The number of amides is 1. The molecule has 17 heavy (non-hydrogen) atoms. The van der Waals surface area contributed by atoms with Gasteiger partial charge < -0.3 is 15.2 Å². The van der Waals surface area contributed by atoms with Gasteiger partial charge in [-0.25, -0.2) is 4.79 Å². The predicted octanol–water partition coefficient (Wildman–Crippen LogP) is 2.17. The van der Waals surface area contributed by atoms with Crippen LogP contribution in [0.1, 0.15) is 40.0 Å². The van der Waals surface area contributed by atoms with Gasteiger partial charge in [-0.15, -0.1) is 0 Å². The van der Waals surface area contributed by atoms with Gasteiger partial charge >= 0.3 is 6.09 Å². The zero-order valence-corrected chi connectivity index (χ0v) is 11.1. The van der Waals surface area contributed by atoms with Crippen molar-refractivity contribution in [3.63, 3.8) is 0 Å². The molecular weight excluding hydrogens is 218 g/mol. The van der Waals surface area contributed by atoms with Crippen molar-refractivity contribution >= 4 is 6.09 Å². The van der Waals surface area contributed by atoms with Gasteiger partial charge in [0.15, 0.2) is 0 Å². The number of carbonyl (C=O) groups excluding carboxylic acids is 1. The molecule has 3 unspecified atom stereocenters. The van der Waals surface area contributed by atoms with Gasteiger partial charge in [0.1, 0.15) is 6.10 Å². The maximum absolute atomic E-state index is 11.5. The van der Waals surface area contributed by atoms with Crippen molar-refractivity contribution in [2.45, 2.75) is 46.1 Å². The Morgan fingerprint density at radius 1 is 1.47 bits per heavy atom. The minimum absolute atomic E-state index is 0.0254. The van der Waals surface area contributed by atoms with E-state index in [-0.39, 0.29) is 19.3 Å². The molecule has 1 saturated carbocycles. The molecular formula is C13H25NO3. The summed E-state index contributed by atoms with van der Waals surface area (Å²) in [5, 5.41) is 11.2. The Hall–Kier alpha value is -0.770. The summed E-state index contributed by atoms with van der Waals surface area (Å²) >= 11 is 0. The second-order valence-corrected chi connectivity index (χ2v) is 5.42. The van der Waals surface area contributed by atoms with Gasteiger partial charge in [-0.2, -0.15) is 0 Å². The van der Waals surface area contributed by atoms with Crippen molar-refractivity contribution in [1.82, 2.24) is 5.32 Å². The number of rotatable bonds is 4. The Morgan fingerprint density at radius 3 is 2.76 bits per heavy atom. The lowest BCUT2D eigenvalue weighted by molar-refractivity contribution is 0.00583. The van der Waals surface area contributed by atoms with Crippen LogP contribution in [-0.2, 0) is 4.74 Å². The van der Waals surface area contributed by atoms with Crippen LogP contribution >= 0.6 is 0 Å². The third-order valence-electron chi connectivity index (χ3n) is 3.60. The molecule has 3 atom stereocenters. The van der Waals surface area contributed by atoms with Crippen LogP contribution in [0.2, 0.25) is 0 Å². The Balaban J connectivity index is 2.48. The predicted molar refractivity (Wildman–Crippen MR) is 66.7 cm³/mol. The SMILES string of the molecule is CC1CCC(C(C)C)C(OC(=O)NCCO)C1. The molecule has 0 spiro atoms. The molecule has 0 heterocycles. The molecule has 100 valence electrons. The van der Waals surface area contributed by atoms with E-state index < -0.39 is 6.09 Å². The van der Waals surface area contributed by atoms with Crippen molar-refractivity contribution < 1.29 is 14.6 Å². The molecule has 1 fully saturated rings. The Morgan fingerprint density at radius 2 is 2.18 bits per heavy atom. The molecule has 0 saturated heterocycles. The molecule has 0 radical (unpaired) electrons. The number of carbonyl (C=O) groups is 1. The van der Waals surface area contributed by atoms with Crippen molar-refractivity contribution in [2.24, 2.45) is 17.8 Å². The van der Waals surface area contributed by atoms with E-state index in [0.717, 1.165) is 12.8 Å². The summed E-state index contributed by atoms with van der Waals surface area (Å²) in [5.74, 6) is 1.63. The molecule has 1 aliphatic carbocycles. The minimum Gasteiger partial charge on any atom is -0.446 e. The first-order valence-electron chi connectivity index (χ1n) is 6.60. The Bertz CT molecular complexity index is 243. The summed E-state index contributed by atoms with van der Waals surface area (Å²) in [6.45, 7) is 6.78. The first kappa shape index (κ1) is 14.3. The van der Waals surface area contributed by atoms with E-state index in [1.165, 1.54) is 6.42 Å². The molecule has 4 heteroatoms. The summed E-state index contributed by atoms with van der Waals surface area (Å²) < 4.78 is 5.48. The van der Waals surface area contributed by atoms with Gasteiger partial charge in [0, 0.05) is 6.54 Å². The highest BCUT2D eigenvalue weighted by Crippen LogP contribution is 2.35. The first-order valence-corrected chi connectivity index (χ1v) is 6.60. The van der Waals surface area contributed by atoms with Crippen LogP contribution in [0.25, 0.3) is 0 Å². The van der Waals surface area contributed by atoms with Crippen LogP contribution in [-0.4, -0.2) is 30.5 Å². The number of nitrogens with one attached hydrogen (secondary N) is 1. The fraction of sp³-hybridized carbons (Fsp3) is 0.923. The normalized spacial score (nSPS) is 29.1. The molecule has 1 rings (SSSR count). The summed E-state index contributed by atoms with van der Waals surface area (Å²) in [6.07, 6.45) is 2.94. The van der Waals surface area contributed by atoms with E-state index in [1.54, 1.807) is 0 Å². The lowest BCUT2D eigenvalue weighted by Crippen LogP contribution is -2.39. The highest BCUT2D eigenvalue weighted by molar-refractivity contribution is 5.67. The highest BCUT2D eigenvalue weighted by atomic mass is 16.6. The van der Waals surface area contributed by atoms with E-state index in [4.69, 9.17) is 9.84 Å². The van der Waals surface area contributed by atoms with Gasteiger partial charge in [-0.3, -0.25) is 0 Å². The van der Waals surface area contributed by atoms with E-state index in [1.807, 2.05) is 0 Å². The standard InChI is InChI=1S/C13H25NO3/c1-9(2)11-5-4-10(3)8-12(11)17-13(16)14-6-7-15/h9-12,15H,4-8H2,1-3H3,(H,14,16). The smallest absolute Gasteiger partial charge is 0.407 e. The van der Waals surface area contributed by atoms with Crippen LogP contribution < -0.4 is 5.32 Å². The van der Waals surface area contributed by atoms with Crippen molar-refractivity contribution in [3.05, 3.63) is 0 Å². The quantitative estimate of drug-likeness (QED) is 0.795. The lowest BCUT2D eigenvalue weighted by atomic mass is 9.75. The molecule has 4 nitrogen and oxygen atoms in total.